The van der Waals surface area contributed by atoms with Crippen molar-refractivity contribution in [3.8, 4) is 6.07 Å². The zero-order valence-electron chi connectivity index (χ0n) is 11.5. The highest BCUT2D eigenvalue weighted by Crippen LogP contribution is 2.31. The molecule has 1 aliphatic rings. The lowest BCUT2D eigenvalue weighted by Crippen LogP contribution is -2.28. The molecule has 0 saturated heterocycles. The van der Waals surface area contributed by atoms with Crippen LogP contribution < -0.4 is 5.32 Å². The second-order valence-corrected chi connectivity index (χ2v) is 5.50. The molecule has 3 unspecified atom stereocenters. The summed E-state index contributed by atoms with van der Waals surface area (Å²) in [6, 6.07) is 10.2. The average Bonchev–Trinajstić information content (AvgIpc) is 2.92. The fourth-order valence-electron chi connectivity index (χ4n) is 2.92. The summed E-state index contributed by atoms with van der Waals surface area (Å²) in [5.41, 5.74) is 1.91. The highest BCUT2D eigenvalue weighted by atomic mass is 16.3. The van der Waals surface area contributed by atoms with E-state index in [1.165, 1.54) is 18.4 Å². The van der Waals surface area contributed by atoms with Gasteiger partial charge in [0.15, 0.2) is 0 Å². The lowest BCUT2D eigenvalue weighted by molar-refractivity contribution is 0.190. The molecule has 1 aromatic rings. The molecule has 3 nitrogen and oxygen atoms in total. The van der Waals surface area contributed by atoms with E-state index in [0.29, 0.717) is 24.0 Å². The van der Waals surface area contributed by atoms with Gasteiger partial charge in [-0.15, -0.1) is 0 Å². The number of benzene rings is 1. The highest BCUT2D eigenvalue weighted by molar-refractivity contribution is 5.32. The number of aliphatic hydroxyl groups is 1. The van der Waals surface area contributed by atoms with Crippen molar-refractivity contribution in [1.82, 2.24) is 5.32 Å². The SMILES string of the molecule is CC(NCC1CCCC1CO)c1ccc(C#N)cc1. The third-order valence-corrected chi connectivity index (χ3v) is 4.28. The molecule has 2 rings (SSSR count). The Morgan fingerprint density at radius 3 is 2.63 bits per heavy atom. The Labute approximate surface area is 115 Å². The molecule has 2 N–H and O–H groups in total. The first-order valence-corrected chi connectivity index (χ1v) is 7.09. The molecule has 1 aromatic carbocycles. The fraction of sp³-hybridized carbons (Fsp3) is 0.562. The van der Waals surface area contributed by atoms with E-state index in [0.717, 1.165) is 13.0 Å². The van der Waals surface area contributed by atoms with E-state index >= 15 is 0 Å². The zero-order valence-corrected chi connectivity index (χ0v) is 11.5. The van der Waals surface area contributed by atoms with Crippen LogP contribution in [0.5, 0.6) is 0 Å². The molecule has 0 radical (unpaired) electrons. The Kier molecular flexibility index (Phi) is 4.95. The number of hydrogen-bond acceptors (Lipinski definition) is 3. The van der Waals surface area contributed by atoms with E-state index in [4.69, 9.17) is 5.26 Å². The molecule has 102 valence electrons. The van der Waals surface area contributed by atoms with Gasteiger partial charge in [-0.2, -0.15) is 5.26 Å². The van der Waals surface area contributed by atoms with E-state index in [1.54, 1.807) is 0 Å². The van der Waals surface area contributed by atoms with E-state index in [-0.39, 0.29) is 6.04 Å². The summed E-state index contributed by atoms with van der Waals surface area (Å²) in [6.45, 7) is 3.42. The van der Waals surface area contributed by atoms with Gasteiger partial charge >= 0.3 is 0 Å². The summed E-state index contributed by atoms with van der Waals surface area (Å²) in [4.78, 5) is 0. The molecule has 0 aliphatic heterocycles. The van der Waals surface area contributed by atoms with Crippen LogP contribution in [0.2, 0.25) is 0 Å². The predicted molar refractivity (Wildman–Crippen MR) is 75.5 cm³/mol. The van der Waals surface area contributed by atoms with Gasteiger partial charge in [0.1, 0.15) is 0 Å². The van der Waals surface area contributed by atoms with Gasteiger partial charge in [0.05, 0.1) is 11.6 Å². The Morgan fingerprint density at radius 2 is 2.00 bits per heavy atom. The maximum Gasteiger partial charge on any atom is 0.0991 e. The summed E-state index contributed by atoms with van der Waals surface area (Å²) >= 11 is 0. The van der Waals surface area contributed by atoms with Crippen LogP contribution in [-0.4, -0.2) is 18.3 Å². The van der Waals surface area contributed by atoms with Crippen LogP contribution in [0, 0.1) is 23.2 Å². The number of nitrogens with zero attached hydrogens (tertiary/aromatic N) is 1. The number of nitriles is 1. The van der Waals surface area contributed by atoms with Crippen LogP contribution in [0.25, 0.3) is 0 Å². The van der Waals surface area contributed by atoms with Crippen molar-refractivity contribution >= 4 is 0 Å². The van der Waals surface area contributed by atoms with Crippen molar-refractivity contribution in [3.63, 3.8) is 0 Å². The third-order valence-electron chi connectivity index (χ3n) is 4.28. The minimum Gasteiger partial charge on any atom is -0.396 e. The van der Waals surface area contributed by atoms with Gasteiger partial charge in [0, 0.05) is 12.6 Å². The Hall–Kier alpha value is -1.37. The first-order valence-electron chi connectivity index (χ1n) is 7.09. The minimum atomic E-state index is 0.285. The van der Waals surface area contributed by atoms with Crippen molar-refractivity contribution in [1.29, 1.82) is 5.26 Å². The van der Waals surface area contributed by atoms with E-state index in [2.05, 4.69) is 18.3 Å². The van der Waals surface area contributed by atoms with Gasteiger partial charge in [0.2, 0.25) is 0 Å². The second-order valence-electron chi connectivity index (χ2n) is 5.50. The quantitative estimate of drug-likeness (QED) is 0.853. The van der Waals surface area contributed by atoms with Crippen molar-refractivity contribution in [2.24, 2.45) is 11.8 Å². The second kappa shape index (κ2) is 6.70. The van der Waals surface area contributed by atoms with E-state index in [9.17, 15) is 5.11 Å². The smallest absolute Gasteiger partial charge is 0.0991 e. The fourth-order valence-corrected chi connectivity index (χ4v) is 2.92. The van der Waals surface area contributed by atoms with Crippen molar-refractivity contribution in [2.75, 3.05) is 13.2 Å². The summed E-state index contributed by atoms with van der Waals surface area (Å²) in [5, 5.41) is 21.6. The molecule has 1 fully saturated rings. The summed E-state index contributed by atoms with van der Waals surface area (Å²) < 4.78 is 0. The summed E-state index contributed by atoms with van der Waals surface area (Å²) in [5.74, 6) is 1.08. The Balaban J connectivity index is 1.86. The molecule has 0 amide bonds. The van der Waals surface area contributed by atoms with Crippen LogP contribution in [0.15, 0.2) is 24.3 Å². The monoisotopic (exact) mass is 258 g/mol. The number of aliphatic hydroxyl groups excluding tert-OH is 1. The molecule has 0 aromatic heterocycles. The first-order chi connectivity index (χ1) is 9.24. The van der Waals surface area contributed by atoms with Gasteiger partial charge < -0.3 is 10.4 Å². The maximum absolute atomic E-state index is 9.32. The predicted octanol–water partition coefficient (Wildman–Crippen LogP) is 2.62. The summed E-state index contributed by atoms with van der Waals surface area (Å²) in [6.07, 6.45) is 3.62. The van der Waals surface area contributed by atoms with Crippen molar-refractivity contribution in [3.05, 3.63) is 35.4 Å². The molecule has 3 atom stereocenters. The van der Waals surface area contributed by atoms with Crippen LogP contribution in [0.1, 0.15) is 43.4 Å². The number of nitrogens with one attached hydrogen (secondary N) is 1. The number of rotatable bonds is 5. The number of hydrogen-bond donors (Lipinski definition) is 2. The molecule has 3 heteroatoms. The lowest BCUT2D eigenvalue weighted by Gasteiger charge is -2.21. The maximum atomic E-state index is 9.32. The van der Waals surface area contributed by atoms with Crippen LogP contribution in [-0.2, 0) is 0 Å². The molecule has 0 bridgehead atoms. The molecule has 1 aliphatic carbocycles. The topological polar surface area (TPSA) is 56.0 Å². The minimum absolute atomic E-state index is 0.285. The highest BCUT2D eigenvalue weighted by Gasteiger charge is 2.26. The van der Waals surface area contributed by atoms with Crippen LogP contribution >= 0.6 is 0 Å². The van der Waals surface area contributed by atoms with Crippen LogP contribution in [0.4, 0.5) is 0 Å². The molecule has 0 heterocycles. The molecule has 19 heavy (non-hydrogen) atoms. The zero-order chi connectivity index (χ0) is 13.7. The Morgan fingerprint density at radius 1 is 1.32 bits per heavy atom. The third kappa shape index (κ3) is 3.56. The van der Waals surface area contributed by atoms with Gasteiger partial charge in [0.25, 0.3) is 0 Å². The van der Waals surface area contributed by atoms with Crippen molar-refractivity contribution in [2.45, 2.75) is 32.2 Å². The first kappa shape index (κ1) is 14.0. The van der Waals surface area contributed by atoms with Gasteiger partial charge in [-0.05, 0) is 55.8 Å². The molecule has 0 spiro atoms. The van der Waals surface area contributed by atoms with Gasteiger partial charge in [-0.3, -0.25) is 0 Å². The normalized spacial score (nSPS) is 24.1. The van der Waals surface area contributed by atoms with Gasteiger partial charge in [-0.25, -0.2) is 0 Å². The van der Waals surface area contributed by atoms with Crippen LogP contribution in [0.3, 0.4) is 0 Å². The molecular formula is C16H22N2O. The molecular weight excluding hydrogens is 236 g/mol. The van der Waals surface area contributed by atoms with Crippen molar-refractivity contribution < 1.29 is 5.11 Å². The Bertz CT molecular complexity index is 435. The van der Waals surface area contributed by atoms with E-state index in [1.807, 2.05) is 24.3 Å². The molecule has 1 saturated carbocycles. The average molecular weight is 258 g/mol. The van der Waals surface area contributed by atoms with E-state index < -0.39 is 0 Å². The standard InChI is InChI=1S/C16H22N2O/c1-12(14-7-5-13(9-17)6-8-14)18-10-15-3-2-4-16(15)11-19/h5-8,12,15-16,18-19H,2-4,10-11H2,1H3. The largest absolute Gasteiger partial charge is 0.396 e. The van der Waals surface area contributed by atoms with Gasteiger partial charge in [-0.1, -0.05) is 18.6 Å². The lowest BCUT2D eigenvalue weighted by atomic mass is 9.96. The summed E-state index contributed by atoms with van der Waals surface area (Å²) in [7, 11) is 0.